The molecule has 1 aromatic heterocycles. The number of methoxy groups -OCH3 is 1. The molecule has 0 saturated carbocycles. The molecule has 124 valence electrons. The second-order valence-corrected chi connectivity index (χ2v) is 7.47. The molecular weight excluding hydrogens is 316 g/mol. The van der Waals surface area contributed by atoms with Crippen LogP contribution >= 0.6 is 0 Å². The third-order valence-corrected chi connectivity index (χ3v) is 5.95. The minimum absolute atomic E-state index is 0.262. The lowest BCUT2D eigenvalue weighted by Gasteiger charge is -2.32. The van der Waals surface area contributed by atoms with Crippen LogP contribution in [0.3, 0.4) is 0 Å². The van der Waals surface area contributed by atoms with Gasteiger partial charge in [-0.2, -0.15) is 9.40 Å². The zero-order valence-corrected chi connectivity index (χ0v) is 14.0. The number of benzene rings is 1. The average molecular weight is 336 g/mol. The Morgan fingerprint density at radius 1 is 1.26 bits per heavy atom. The van der Waals surface area contributed by atoms with E-state index in [9.17, 15) is 8.42 Å². The predicted molar refractivity (Wildman–Crippen MR) is 84.6 cm³/mol. The predicted octanol–water partition coefficient (Wildman–Crippen LogP) is 2.04. The standard InChI is InChI=1S/C15H20N4O3S/c1-11-16-15(18-17-11)14-5-3-4-10-19(14)23(20,21)13-8-6-12(22-2)7-9-13/h6-9,14H,3-5,10H2,1-2H3,(H,16,17,18). The fraction of sp³-hybridized carbons (Fsp3) is 0.467. The third kappa shape index (κ3) is 3.09. The topological polar surface area (TPSA) is 88.2 Å². The van der Waals surface area contributed by atoms with Gasteiger partial charge in [0, 0.05) is 6.54 Å². The number of aryl methyl sites for hydroxylation is 1. The van der Waals surface area contributed by atoms with Gasteiger partial charge in [-0.1, -0.05) is 6.42 Å². The smallest absolute Gasteiger partial charge is 0.243 e. The number of piperidine rings is 1. The molecular formula is C15H20N4O3S. The summed E-state index contributed by atoms with van der Waals surface area (Å²) in [4.78, 5) is 4.59. The molecule has 1 unspecified atom stereocenters. The lowest BCUT2D eigenvalue weighted by atomic mass is 10.0. The average Bonchev–Trinajstić information content (AvgIpc) is 3.01. The summed E-state index contributed by atoms with van der Waals surface area (Å²) in [5, 5.41) is 6.96. The first kappa shape index (κ1) is 15.9. The Balaban J connectivity index is 1.95. The van der Waals surface area contributed by atoms with Gasteiger partial charge in [0.1, 0.15) is 11.6 Å². The van der Waals surface area contributed by atoms with Crippen LogP contribution in [0.4, 0.5) is 0 Å². The van der Waals surface area contributed by atoms with Crippen molar-refractivity contribution in [1.82, 2.24) is 19.5 Å². The summed E-state index contributed by atoms with van der Waals surface area (Å²) in [6.45, 7) is 2.29. The minimum Gasteiger partial charge on any atom is -0.497 e. The van der Waals surface area contributed by atoms with Crippen LogP contribution in [0.25, 0.3) is 0 Å². The molecule has 1 fully saturated rings. The highest BCUT2D eigenvalue weighted by molar-refractivity contribution is 7.89. The van der Waals surface area contributed by atoms with E-state index in [1.54, 1.807) is 31.4 Å². The monoisotopic (exact) mass is 336 g/mol. The van der Waals surface area contributed by atoms with Crippen molar-refractivity contribution in [1.29, 1.82) is 0 Å². The zero-order chi connectivity index (χ0) is 16.4. The summed E-state index contributed by atoms with van der Waals surface area (Å²) < 4.78 is 32.6. The number of aromatic nitrogens is 3. The minimum atomic E-state index is -3.59. The highest BCUT2D eigenvalue weighted by atomic mass is 32.2. The molecule has 2 aromatic rings. The van der Waals surface area contributed by atoms with Crippen molar-refractivity contribution >= 4 is 10.0 Å². The van der Waals surface area contributed by atoms with E-state index in [-0.39, 0.29) is 10.9 Å². The molecule has 3 rings (SSSR count). The van der Waals surface area contributed by atoms with E-state index in [1.807, 2.05) is 6.92 Å². The molecule has 0 aliphatic carbocycles. The number of hydrogen-bond acceptors (Lipinski definition) is 5. The number of hydrogen-bond donors (Lipinski definition) is 1. The van der Waals surface area contributed by atoms with Crippen molar-refractivity contribution in [3.05, 3.63) is 35.9 Å². The molecule has 1 aliphatic rings. The van der Waals surface area contributed by atoms with Crippen molar-refractivity contribution in [2.45, 2.75) is 37.1 Å². The summed E-state index contributed by atoms with van der Waals surface area (Å²) in [5.41, 5.74) is 0. The second-order valence-electron chi connectivity index (χ2n) is 5.58. The van der Waals surface area contributed by atoms with Gasteiger partial charge in [-0.15, -0.1) is 0 Å². The van der Waals surface area contributed by atoms with Gasteiger partial charge in [-0.3, -0.25) is 5.10 Å². The maximum absolute atomic E-state index is 13.0. The van der Waals surface area contributed by atoms with Crippen LogP contribution in [0, 0.1) is 6.92 Å². The van der Waals surface area contributed by atoms with Gasteiger partial charge in [0.2, 0.25) is 10.0 Å². The molecule has 0 bridgehead atoms. The van der Waals surface area contributed by atoms with E-state index in [4.69, 9.17) is 4.74 Å². The number of H-pyrrole nitrogens is 1. The number of ether oxygens (including phenoxy) is 1. The van der Waals surface area contributed by atoms with Gasteiger partial charge in [-0.05, 0) is 44.0 Å². The normalized spacial score (nSPS) is 19.7. The van der Waals surface area contributed by atoms with E-state index in [0.29, 0.717) is 23.9 Å². The first-order valence-corrected chi connectivity index (χ1v) is 9.01. The van der Waals surface area contributed by atoms with Crippen LogP contribution in [0.1, 0.15) is 37.0 Å². The molecule has 1 saturated heterocycles. The molecule has 0 amide bonds. The van der Waals surface area contributed by atoms with Crippen LogP contribution in [0.2, 0.25) is 0 Å². The molecule has 7 nitrogen and oxygen atoms in total. The summed E-state index contributed by atoms with van der Waals surface area (Å²) in [7, 11) is -2.04. The first-order chi connectivity index (χ1) is 11.0. The Hall–Kier alpha value is -1.93. The van der Waals surface area contributed by atoms with Crippen molar-refractivity contribution in [3.63, 3.8) is 0 Å². The van der Waals surface area contributed by atoms with Gasteiger partial charge in [0.25, 0.3) is 0 Å². The first-order valence-electron chi connectivity index (χ1n) is 7.57. The summed E-state index contributed by atoms with van der Waals surface area (Å²) >= 11 is 0. The molecule has 1 aromatic carbocycles. The van der Waals surface area contributed by atoms with Crippen LogP contribution in [0.5, 0.6) is 5.75 Å². The van der Waals surface area contributed by atoms with E-state index in [2.05, 4.69) is 15.2 Å². The lowest BCUT2D eigenvalue weighted by Crippen LogP contribution is -2.39. The largest absolute Gasteiger partial charge is 0.497 e. The number of sulfonamides is 1. The summed E-state index contributed by atoms with van der Waals surface area (Å²) in [6, 6.07) is 6.14. The zero-order valence-electron chi connectivity index (χ0n) is 13.2. The SMILES string of the molecule is COc1ccc(S(=O)(=O)N2CCCCC2c2n[nH]c(C)n2)cc1. The van der Waals surface area contributed by atoms with Crippen LogP contribution in [0.15, 0.2) is 29.2 Å². The quantitative estimate of drug-likeness (QED) is 0.923. The second kappa shape index (κ2) is 6.29. The molecule has 1 atom stereocenters. The Bertz CT molecular complexity index is 770. The molecule has 1 aliphatic heterocycles. The Labute approximate surface area is 135 Å². The van der Waals surface area contributed by atoms with Crippen molar-refractivity contribution in [3.8, 4) is 5.75 Å². The lowest BCUT2D eigenvalue weighted by molar-refractivity contribution is 0.247. The van der Waals surface area contributed by atoms with Gasteiger partial charge in [0.05, 0.1) is 18.0 Å². The Morgan fingerprint density at radius 2 is 2.00 bits per heavy atom. The van der Waals surface area contributed by atoms with Gasteiger partial charge in [0.15, 0.2) is 5.82 Å². The fourth-order valence-corrected chi connectivity index (χ4v) is 4.50. The van der Waals surface area contributed by atoms with Crippen molar-refractivity contribution in [2.24, 2.45) is 0 Å². The maximum Gasteiger partial charge on any atom is 0.243 e. The highest BCUT2D eigenvalue weighted by Gasteiger charge is 2.36. The number of nitrogens with zero attached hydrogens (tertiary/aromatic N) is 3. The van der Waals surface area contributed by atoms with Gasteiger partial charge >= 0.3 is 0 Å². The summed E-state index contributed by atoms with van der Waals surface area (Å²) in [6.07, 6.45) is 2.54. The summed E-state index contributed by atoms with van der Waals surface area (Å²) in [5.74, 6) is 1.86. The number of nitrogens with one attached hydrogen (secondary N) is 1. The maximum atomic E-state index is 13.0. The van der Waals surface area contributed by atoms with E-state index < -0.39 is 10.0 Å². The number of aromatic amines is 1. The van der Waals surface area contributed by atoms with Gasteiger partial charge < -0.3 is 4.74 Å². The van der Waals surface area contributed by atoms with Gasteiger partial charge in [-0.25, -0.2) is 13.4 Å². The van der Waals surface area contributed by atoms with Crippen molar-refractivity contribution in [2.75, 3.05) is 13.7 Å². The fourth-order valence-electron chi connectivity index (χ4n) is 2.84. The molecule has 0 spiro atoms. The van der Waals surface area contributed by atoms with E-state index in [1.165, 1.54) is 4.31 Å². The molecule has 0 radical (unpaired) electrons. The highest BCUT2D eigenvalue weighted by Crippen LogP contribution is 2.34. The number of rotatable bonds is 4. The Morgan fingerprint density at radius 3 is 2.61 bits per heavy atom. The van der Waals surface area contributed by atoms with Crippen LogP contribution in [-0.4, -0.2) is 41.6 Å². The van der Waals surface area contributed by atoms with Crippen LogP contribution < -0.4 is 4.74 Å². The molecule has 2 heterocycles. The Kier molecular flexibility index (Phi) is 4.36. The molecule has 23 heavy (non-hydrogen) atoms. The van der Waals surface area contributed by atoms with Crippen LogP contribution in [-0.2, 0) is 10.0 Å². The third-order valence-electron chi connectivity index (χ3n) is 4.03. The molecule has 1 N–H and O–H groups in total. The van der Waals surface area contributed by atoms with E-state index in [0.717, 1.165) is 19.3 Å². The van der Waals surface area contributed by atoms with E-state index >= 15 is 0 Å². The molecule has 8 heteroatoms. The van der Waals surface area contributed by atoms with Crippen molar-refractivity contribution < 1.29 is 13.2 Å².